The van der Waals surface area contributed by atoms with E-state index in [4.69, 9.17) is 0 Å². The topological polar surface area (TPSA) is 177 Å². The van der Waals surface area contributed by atoms with Crippen molar-refractivity contribution in [3.63, 3.8) is 0 Å². The second-order valence-corrected chi connectivity index (χ2v) is 0. The first-order valence-corrected chi connectivity index (χ1v) is 0. The molecule has 0 rings (SSSR count). The van der Waals surface area contributed by atoms with Crippen LogP contribution in [-0.4, -0.2) is 97.8 Å². The maximum absolute atomic E-state index is 0. The standard InChI is InChI=1S/5Al.3N.3O.H4Si.5Ti/h;;;;;;;;;;;1H4;;;;;/q5*+3;3*-3;3*-2;;;;;;. The van der Waals surface area contributed by atoms with Gasteiger partial charge in [0.1, 0.15) is 0 Å². The van der Waals surface area contributed by atoms with Gasteiger partial charge in [0.05, 0.1) is 0 Å². The van der Waals surface area contributed by atoms with Crippen LogP contribution in [0.25, 0.3) is 18.5 Å². The summed E-state index contributed by atoms with van der Waals surface area (Å²) < 4.78 is 0. The Kier molecular flexibility index (Phi) is 4520. The van der Waals surface area contributed by atoms with E-state index >= 15 is 0 Å². The molecule has 0 saturated carbocycles. The van der Waals surface area contributed by atoms with Crippen molar-refractivity contribution in [3.8, 4) is 0 Å². The summed E-state index contributed by atoms with van der Waals surface area (Å²) in [4.78, 5) is 0. The van der Waals surface area contributed by atoms with Crippen LogP contribution in [0, 0.1) is 0 Å². The van der Waals surface area contributed by atoms with Crippen molar-refractivity contribution in [2.24, 2.45) is 0 Å². The first-order chi connectivity index (χ1) is 0. The fourth-order valence-electron chi connectivity index (χ4n) is 0. The minimum Gasteiger partial charge on any atom is -3.00 e. The Morgan fingerprint density at radius 3 is 0.294 bits per heavy atom. The van der Waals surface area contributed by atoms with Gasteiger partial charge in [-0.1, -0.05) is 0 Å². The smallest absolute Gasteiger partial charge is 3.00 e. The first kappa shape index (κ1) is 297. The molecule has 0 spiro atoms. The molecule has 0 saturated heterocycles. The quantitative estimate of drug-likeness (QED) is 0.314. The van der Waals surface area contributed by atoms with E-state index in [2.05, 4.69) is 0 Å². The van der Waals surface area contributed by atoms with Crippen molar-refractivity contribution < 1.29 is 125 Å². The molecule has 0 bridgehead atoms. The fraction of sp³-hybridized carbons (Fsp3) is 0. The van der Waals surface area contributed by atoms with Crippen LogP contribution in [0.5, 0.6) is 0 Å². The van der Waals surface area contributed by atoms with Crippen molar-refractivity contribution in [1.82, 2.24) is 0 Å². The molecule has 0 amide bonds. The molecule has 0 aliphatic rings. The molecule has 0 aromatic heterocycles. The van der Waals surface area contributed by atoms with E-state index < -0.39 is 0 Å². The third-order valence-electron chi connectivity index (χ3n) is 0. The summed E-state index contributed by atoms with van der Waals surface area (Å²) in [6.07, 6.45) is 0. The number of rotatable bonds is 0. The van der Waals surface area contributed by atoms with Gasteiger partial charge < -0.3 is 34.9 Å². The Bertz CT molecular complexity index is 36.8. The van der Waals surface area contributed by atoms with Crippen LogP contribution >= 0.6 is 0 Å². The minimum absolute atomic E-state index is 0. The van der Waals surface area contributed by atoms with Gasteiger partial charge in [-0.05, 0) is 11.0 Å². The van der Waals surface area contributed by atoms with E-state index in [1.807, 2.05) is 0 Å². The van der Waals surface area contributed by atoms with Crippen LogP contribution in [0.15, 0.2) is 0 Å². The molecule has 0 aromatic carbocycles. The van der Waals surface area contributed by atoms with E-state index in [1.165, 1.54) is 0 Å². The molecule has 0 aliphatic heterocycles. The van der Waals surface area contributed by atoms with Crippen LogP contribution < -0.4 is 0 Å². The molecule has 0 heterocycles. The summed E-state index contributed by atoms with van der Waals surface area (Å²) >= 11 is 0. The second-order valence-electron chi connectivity index (χ2n) is 0. The second kappa shape index (κ2) is 259. The molecule has 0 fully saturated rings. The molecule has 0 atom stereocenters. The summed E-state index contributed by atoms with van der Waals surface area (Å²) in [5, 5.41) is 0. The number of nitrogens with zero attached hydrogens (tertiary/aromatic N) is 3. The van der Waals surface area contributed by atoms with Gasteiger partial charge in [-0.15, -0.1) is 0 Å². The molecule has 17 heavy (non-hydrogen) atoms. The van der Waals surface area contributed by atoms with Crippen molar-refractivity contribution in [2.45, 2.75) is 0 Å². The Morgan fingerprint density at radius 1 is 0.294 bits per heavy atom. The van der Waals surface area contributed by atoms with Crippen molar-refractivity contribution in [1.29, 1.82) is 0 Å². The van der Waals surface area contributed by atoms with Crippen LogP contribution in [-0.2, 0) is 125 Å². The van der Waals surface area contributed by atoms with Crippen molar-refractivity contribution in [3.05, 3.63) is 18.5 Å². The molecule has 0 N–H and O–H groups in total. The monoisotopic (exact) mass is 497 g/mol. The van der Waals surface area contributed by atoms with Gasteiger partial charge >= 0.3 is 86.8 Å². The number of hydrogen-bond acceptors (Lipinski definition) is 0. The van der Waals surface area contributed by atoms with Crippen molar-refractivity contribution in [2.75, 3.05) is 0 Å². The van der Waals surface area contributed by atoms with Gasteiger partial charge in [0.15, 0.2) is 0 Å². The third-order valence-corrected chi connectivity index (χ3v) is 0. The summed E-state index contributed by atoms with van der Waals surface area (Å²) in [5.41, 5.74) is 0. The van der Waals surface area contributed by atoms with Gasteiger partial charge in [-0.2, -0.15) is 0 Å². The molecule has 0 unspecified atom stereocenters. The summed E-state index contributed by atoms with van der Waals surface area (Å²) in [7, 11) is 0. The number of hydrogen-bond donors (Lipinski definition) is 0. The SMILES string of the molecule is [Al+3].[Al+3].[Al+3].[Al+3].[Al+3].[N-3].[N-3].[N-3].[O-2].[O-2].[O-2].[SiH4].[Ti].[Ti].[Ti].[Ti].[Ti]. The molecular weight excluding hydrogens is 492 g/mol. The van der Waals surface area contributed by atoms with Crippen LogP contribution in [0.2, 0.25) is 0 Å². The normalized spacial score (nSPS) is 0. The van der Waals surface area contributed by atoms with Gasteiger partial charge in [0, 0.05) is 109 Å². The van der Waals surface area contributed by atoms with Crippen LogP contribution in [0.1, 0.15) is 0 Å². The molecule has 0 radical (unpaired) electrons. The largest absolute Gasteiger partial charge is 3.00 e. The zero-order chi connectivity index (χ0) is 0. The molecule has 76 valence electrons. The van der Waals surface area contributed by atoms with Gasteiger partial charge in [0.2, 0.25) is 0 Å². The average Bonchev–Trinajstić information content (AvgIpc) is 0. The van der Waals surface area contributed by atoms with Crippen molar-refractivity contribution >= 4 is 97.8 Å². The molecule has 0 aromatic rings. The van der Waals surface area contributed by atoms with E-state index in [-0.39, 0.29) is 241 Å². The average molecular weight is 496 g/mol. The first-order valence-electron chi connectivity index (χ1n) is 0. The van der Waals surface area contributed by atoms with E-state index in [0.29, 0.717) is 0 Å². The molecule has 17 heteroatoms. The third kappa shape index (κ3) is 235. The van der Waals surface area contributed by atoms with Gasteiger partial charge in [-0.3, -0.25) is 0 Å². The van der Waals surface area contributed by atoms with E-state index in [1.54, 1.807) is 0 Å². The van der Waals surface area contributed by atoms with E-state index in [0.717, 1.165) is 0 Å². The molecule has 0 aliphatic carbocycles. The zero-order valence-corrected chi connectivity index (χ0v) is 21.5. The van der Waals surface area contributed by atoms with E-state index in [9.17, 15) is 0 Å². The van der Waals surface area contributed by atoms with Gasteiger partial charge in [-0.25, -0.2) is 0 Å². The summed E-state index contributed by atoms with van der Waals surface area (Å²) in [5.74, 6) is 0. The zero-order valence-electron chi connectivity index (χ0n) is 7.95. The predicted molar refractivity (Wildman–Crippen MR) is 52.2 cm³/mol. The Hall–Kier alpha value is 6.21. The molecule has 6 nitrogen and oxygen atoms in total. The fourth-order valence-corrected chi connectivity index (χ4v) is 0. The summed E-state index contributed by atoms with van der Waals surface area (Å²) in [6.45, 7) is 0. The van der Waals surface area contributed by atoms with Gasteiger partial charge in [0.25, 0.3) is 0 Å². The van der Waals surface area contributed by atoms with Crippen LogP contribution in [0.3, 0.4) is 0 Å². The minimum atomic E-state index is 0. The predicted octanol–water partition coefficient (Wildman–Crippen LogP) is -2.86. The Balaban J connectivity index is 0. The molecular formula is H4Al5N3O3SiTi5. The Morgan fingerprint density at radius 2 is 0.294 bits per heavy atom. The summed E-state index contributed by atoms with van der Waals surface area (Å²) in [6, 6.07) is 0. The maximum Gasteiger partial charge on any atom is 3.00 e. The Labute approximate surface area is 236 Å². The van der Waals surface area contributed by atoms with Crippen LogP contribution in [0.4, 0.5) is 0 Å². The maximum atomic E-state index is 0.